The predicted octanol–water partition coefficient (Wildman–Crippen LogP) is 1.93. The lowest BCUT2D eigenvalue weighted by atomic mass is 9.75. The highest BCUT2D eigenvalue weighted by Crippen LogP contribution is 2.39. The fourth-order valence-electron chi connectivity index (χ4n) is 4.46. The van der Waals surface area contributed by atoms with Crippen molar-refractivity contribution in [2.24, 2.45) is 0 Å². The van der Waals surface area contributed by atoms with Crippen LogP contribution in [0.2, 0.25) is 0 Å². The summed E-state index contributed by atoms with van der Waals surface area (Å²) in [5.41, 5.74) is 2.54. The third-order valence-electron chi connectivity index (χ3n) is 6.18. The Morgan fingerprint density at radius 3 is 2.86 bits per heavy atom. The number of aliphatic hydroxyl groups is 1. The molecule has 0 fully saturated rings. The van der Waals surface area contributed by atoms with Crippen molar-refractivity contribution in [1.29, 1.82) is 0 Å². The second kappa shape index (κ2) is 6.09. The Labute approximate surface area is 165 Å². The Hall–Kier alpha value is -3.32. The Balaban J connectivity index is 1.82. The molecule has 3 aromatic rings. The molecule has 7 heteroatoms. The number of fused-ring (bicyclic) bond motifs is 5. The highest BCUT2D eigenvalue weighted by Gasteiger charge is 2.46. The summed E-state index contributed by atoms with van der Waals surface area (Å²) in [6, 6.07) is 9.11. The second-order valence-electron chi connectivity index (χ2n) is 7.52. The summed E-state index contributed by atoms with van der Waals surface area (Å²) in [6.07, 6.45) is 1.08. The van der Waals surface area contributed by atoms with E-state index in [0.29, 0.717) is 46.6 Å². The zero-order chi connectivity index (χ0) is 20.3. The van der Waals surface area contributed by atoms with E-state index in [1.165, 1.54) is 0 Å². The number of carbonyl (C=O) groups is 2. The van der Waals surface area contributed by atoms with Gasteiger partial charge in [0.2, 0.25) is 0 Å². The number of ether oxygens (including phenoxy) is 1. The van der Waals surface area contributed by atoms with Crippen molar-refractivity contribution in [2.75, 3.05) is 6.61 Å². The quantitative estimate of drug-likeness (QED) is 0.424. The molecule has 146 valence electrons. The second-order valence-corrected chi connectivity index (χ2v) is 7.52. The molecule has 1 N–H and O–H groups in total. The van der Waals surface area contributed by atoms with Crippen molar-refractivity contribution in [3.05, 3.63) is 62.9 Å². The van der Waals surface area contributed by atoms with Gasteiger partial charge in [-0.25, -0.2) is 4.98 Å². The number of cyclic esters (lactones) is 1. The standard InChI is InChI=1S/C22H18N2O5/c1-2-22(11-26)16-7-17-19-14(6-12-4-3-5-13(9-25)18(12)23-19)8-24(17)20(27)15(16)10-29-21(22)28/h3-7,9,26H,2,8,10-11H2,1H3. The molecule has 0 saturated carbocycles. The number of hydrogen-bond donors (Lipinski definition) is 1. The van der Waals surface area contributed by atoms with Gasteiger partial charge in [0.05, 0.1) is 35.6 Å². The van der Waals surface area contributed by atoms with Crippen LogP contribution in [0.3, 0.4) is 0 Å². The largest absolute Gasteiger partial charge is 0.460 e. The minimum absolute atomic E-state index is 0.101. The summed E-state index contributed by atoms with van der Waals surface area (Å²) in [6.45, 7) is 1.60. The molecule has 0 radical (unpaired) electrons. The highest BCUT2D eigenvalue weighted by molar-refractivity contribution is 5.97. The van der Waals surface area contributed by atoms with Crippen LogP contribution in [0.1, 0.15) is 40.4 Å². The fraction of sp³-hybridized carbons (Fsp3) is 0.273. The molecule has 0 bridgehead atoms. The van der Waals surface area contributed by atoms with Gasteiger partial charge < -0.3 is 14.4 Å². The number of para-hydroxylation sites is 1. The van der Waals surface area contributed by atoms with Crippen LogP contribution >= 0.6 is 0 Å². The van der Waals surface area contributed by atoms with E-state index in [0.717, 1.165) is 17.2 Å². The third-order valence-corrected chi connectivity index (χ3v) is 6.18. The van der Waals surface area contributed by atoms with Crippen molar-refractivity contribution in [3.63, 3.8) is 0 Å². The zero-order valence-corrected chi connectivity index (χ0v) is 15.8. The number of nitrogens with zero attached hydrogens (tertiary/aromatic N) is 2. The summed E-state index contributed by atoms with van der Waals surface area (Å²) in [5.74, 6) is -0.521. The van der Waals surface area contributed by atoms with Gasteiger partial charge in [0, 0.05) is 16.5 Å². The molecule has 0 saturated heterocycles. The van der Waals surface area contributed by atoms with E-state index < -0.39 is 18.0 Å². The van der Waals surface area contributed by atoms with Crippen molar-refractivity contribution in [2.45, 2.75) is 31.9 Å². The molecule has 4 heterocycles. The van der Waals surface area contributed by atoms with Crippen LogP contribution < -0.4 is 5.56 Å². The van der Waals surface area contributed by atoms with Gasteiger partial charge >= 0.3 is 5.97 Å². The lowest BCUT2D eigenvalue weighted by molar-refractivity contribution is -0.156. The molecule has 2 aliphatic heterocycles. The lowest BCUT2D eigenvalue weighted by Crippen LogP contribution is -2.47. The van der Waals surface area contributed by atoms with E-state index in [9.17, 15) is 19.5 Å². The maximum atomic E-state index is 13.2. The molecular formula is C22H18N2O5. The van der Waals surface area contributed by atoms with E-state index in [1.54, 1.807) is 29.7 Å². The Kier molecular flexibility index (Phi) is 3.73. The van der Waals surface area contributed by atoms with Crippen molar-refractivity contribution < 1.29 is 19.4 Å². The first kappa shape index (κ1) is 17.8. The predicted molar refractivity (Wildman–Crippen MR) is 105 cm³/mol. The number of carbonyl (C=O) groups excluding carboxylic acids is 2. The van der Waals surface area contributed by atoms with Crippen LogP contribution in [-0.2, 0) is 28.1 Å². The molecule has 29 heavy (non-hydrogen) atoms. The van der Waals surface area contributed by atoms with Crippen molar-refractivity contribution in [3.8, 4) is 11.4 Å². The minimum Gasteiger partial charge on any atom is -0.460 e. The number of benzene rings is 1. The molecule has 1 aromatic carbocycles. The van der Waals surface area contributed by atoms with Crippen molar-refractivity contribution >= 4 is 23.2 Å². The maximum Gasteiger partial charge on any atom is 0.319 e. The average Bonchev–Trinajstić information content (AvgIpc) is 3.10. The maximum absolute atomic E-state index is 13.2. The topological polar surface area (TPSA) is 98.5 Å². The normalized spacial score (nSPS) is 19.4. The highest BCUT2D eigenvalue weighted by atomic mass is 16.5. The van der Waals surface area contributed by atoms with Gasteiger partial charge in [0.1, 0.15) is 12.0 Å². The summed E-state index contributed by atoms with van der Waals surface area (Å²) in [5, 5.41) is 10.9. The van der Waals surface area contributed by atoms with E-state index in [-0.39, 0.29) is 12.2 Å². The van der Waals surface area contributed by atoms with Gasteiger partial charge in [-0.1, -0.05) is 19.1 Å². The molecular weight excluding hydrogens is 372 g/mol. The number of hydrogen-bond acceptors (Lipinski definition) is 6. The average molecular weight is 390 g/mol. The molecule has 2 aromatic heterocycles. The van der Waals surface area contributed by atoms with Crippen LogP contribution in [0.25, 0.3) is 22.3 Å². The summed E-state index contributed by atoms with van der Waals surface area (Å²) >= 11 is 0. The van der Waals surface area contributed by atoms with E-state index in [2.05, 4.69) is 0 Å². The van der Waals surface area contributed by atoms with Gasteiger partial charge in [-0.3, -0.25) is 14.4 Å². The van der Waals surface area contributed by atoms with Crippen LogP contribution in [-0.4, -0.2) is 33.5 Å². The van der Waals surface area contributed by atoms with Gasteiger partial charge in [-0.05, 0) is 30.2 Å². The van der Waals surface area contributed by atoms with Crippen molar-refractivity contribution in [1.82, 2.24) is 9.55 Å². The van der Waals surface area contributed by atoms with Gasteiger partial charge in [-0.2, -0.15) is 0 Å². The minimum atomic E-state index is -1.25. The molecule has 0 aliphatic carbocycles. The smallest absolute Gasteiger partial charge is 0.319 e. The number of esters is 1. The first-order chi connectivity index (χ1) is 14.0. The van der Waals surface area contributed by atoms with E-state index in [1.807, 2.05) is 12.1 Å². The molecule has 0 amide bonds. The zero-order valence-electron chi connectivity index (χ0n) is 15.8. The molecule has 5 rings (SSSR count). The van der Waals surface area contributed by atoms with Crippen LogP contribution in [0.5, 0.6) is 0 Å². The number of pyridine rings is 2. The van der Waals surface area contributed by atoms with Gasteiger partial charge in [0.15, 0.2) is 6.29 Å². The number of aromatic nitrogens is 2. The molecule has 0 spiro atoms. The molecule has 7 nitrogen and oxygen atoms in total. The summed E-state index contributed by atoms with van der Waals surface area (Å²) in [7, 11) is 0. The first-order valence-electron chi connectivity index (χ1n) is 9.47. The van der Waals surface area contributed by atoms with Gasteiger partial charge in [-0.15, -0.1) is 0 Å². The van der Waals surface area contributed by atoms with Crippen LogP contribution in [0.15, 0.2) is 35.1 Å². The summed E-state index contributed by atoms with van der Waals surface area (Å²) < 4.78 is 6.86. The lowest BCUT2D eigenvalue weighted by Gasteiger charge is -2.34. The number of aliphatic hydroxyl groups excluding tert-OH is 1. The molecule has 1 unspecified atom stereocenters. The Bertz CT molecular complexity index is 1270. The molecule has 2 aliphatic rings. The molecule has 1 atom stereocenters. The Morgan fingerprint density at radius 2 is 2.14 bits per heavy atom. The first-order valence-corrected chi connectivity index (χ1v) is 9.47. The number of rotatable bonds is 3. The third kappa shape index (κ3) is 2.22. The van der Waals surface area contributed by atoms with Crippen LogP contribution in [0, 0.1) is 0 Å². The van der Waals surface area contributed by atoms with Crippen LogP contribution in [0.4, 0.5) is 0 Å². The monoisotopic (exact) mass is 390 g/mol. The Morgan fingerprint density at radius 1 is 1.31 bits per heavy atom. The van der Waals surface area contributed by atoms with Gasteiger partial charge in [0.25, 0.3) is 5.56 Å². The SMILES string of the molecule is CCC1(CO)C(=O)OCc2c1cc1n(c2=O)Cc2cc3cccc(C=O)c3nc2-1. The van der Waals surface area contributed by atoms with E-state index in [4.69, 9.17) is 9.72 Å². The number of aldehydes is 1. The summed E-state index contributed by atoms with van der Waals surface area (Å²) in [4.78, 5) is 41.9. The van der Waals surface area contributed by atoms with E-state index >= 15 is 0 Å². The fourth-order valence-corrected chi connectivity index (χ4v) is 4.46.